The number of carbonyl (C=O) groups excluding carboxylic acids is 1. The lowest BCUT2D eigenvalue weighted by atomic mass is 10.1. The van der Waals surface area contributed by atoms with Crippen molar-refractivity contribution in [2.24, 2.45) is 5.92 Å². The van der Waals surface area contributed by atoms with Crippen LogP contribution in [0.1, 0.15) is 54.7 Å². The van der Waals surface area contributed by atoms with E-state index in [-0.39, 0.29) is 17.8 Å². The Morgan fingerprint density at radius 2 is 2.32 bits per heavy atom. The first-order valence-electron chi connectivity index (χ1n) is 7.19. The zero-order valence-electron chi connectivity index (χ0n) is 10.8. The van der Waals surface area contributed by atoms with Gasteiger partial charge in [-0.05, 0) is 44.6 Å². The van der Waals surface area contributed by atoms with Crippen LogP contribution in [-0.4, -0.2) is 40.1 Å². The van der Waals surface area contributed by atoms with Gasteiger partial charge in [0.25, 0.3) is 11.7 Å². The summed E-state index contributed by atoms with van der Waals surface area (Å²) < 4.78 is 5.24. The first-order valence-corrected chi connectivity index (χ1v) is 7.19. The van der Waals surface area contributed by atoms with Crippen LogP contribution < -0.4 is 5.32 Å². The molecular weight excluding hydrogens is 244 g/mol. The summed E-state index contributed by atoms with van der Waals surface area (Å²) in [5.41, 5.74) is 0. The first-order chi connectivity index (χ1) is 9.31. The number of piperidine rings is 1. The lowest BCUT2D eigenvalue weighted by molar-refractivity contribution is 0.0687. The minimum Gasteiger partial charge on any atom is -0.337 e. The van der Waals surface area contributed by atoms with Crippen LogP contribution in [0, 0.1) is 5.92 Å². The molecule has 3 heterocycles. The quantitative estimate of drug-likeness (QED) is 0.864. The van der Waals surface area contributed by atoms with Gasteiger partial charge in [0.1, 0.15) is 0 Å². The van der Waals surface area contributed by atoms with Crippen molar-refractivity contribution in [3.05, 3.63) is 11.7 Å². The van der Waals surface area contributed by atoms with Crippen molar-refractivity contribution in [3.63, 3.8) is 0 Å². The number of likely N-dealkylation sites (tertiary alicyclic amines) is 1. The minimum atomic E-state index is -0.0554. The maximum Gasteiger partial charge on any atom is 0.295 e. The molecule has 3 atom stereocenters. The molecule has 1 aromatic rings. The minimum absolute atomic E-state index is 0.0554. The van der Waals surface area contributed by atoms with Crippen LogP contribution >= 0.6 is 0 Å². The third kappa shape index (κ3) is 1.85. The van der Waals surface area contributed by atoms with Gasteiger partial charge in [0.15, 0.2) is 0 Å². The fourth-order valence-electron chi connectivity index (χ4n) is 3.66. The Morgan fingerprint density at radius 3 is 3.00 bits per heavy atom. The Balaban J connectivity index is 1.51. The SMILES string of the molecule is O=C(c1noc(C2CCCN2)n1)N1CC2CCC1C2. The number of carbonyl (C=O) groups is 1. The topological polar surface area (TPSA) is 71.3 Å². The van der Waals surface area contributed by atoms with Gasteiger partial charge in [-0.25, -0.2) is 0 Å². The summed E-state index contributed by atoms with van der Waals surface area (Å²) in [6.45, 7) is 1.85. The number of fused-ring (bicyclic) bond motifs is 2. The van der Waals surface area contributed by atoms with Gasteiger partial charge in [0.05, 0.1) is 6.04 Å². The molecule has 1 aliphatic carbocycles. The summed E-state index contributed by atoms with van der Waals surface area (Å²) in [6.07, 6.45) is 5.67. The monoisotopic (exact) mass is 262 g/mol. The zero-order valence-corrected chi connectivity index (χ0v) is 10.8. The third-order valence-corrected chi connectivity index (χ3v) is 4.66. The second kappa shape index (κ2) is 4.30. The molecule has 0 aromatic carbocycles. The molecule has 6 heteroatoms. The van der Waals surface area contributed by atoms with E-state index in [2.05, 4.69) is 15.5 Å². The lowest BCUT2D eigenvalue weighted by Gasteiger charge is -2.25. The Bertz CT molecular complexity index is 495. The fraction of sp³-hybridized carbons (Fsp3) is 0.769. The van der Waals surface area contributed by atoms with E-state index in [9.17, 15) is 4.79 Å². The number of nitrogens with one attached hydrogen (secondary N) is 1. The molecule has 2 saturated heterocycles. The highest BCUT2D eigenvalue weighted by Crippen LogP contribution is 2.37. The maximum absolute atomic E-state index is 12.4. The smallest absolute Gasteiger partial charge is 0.295 e. The molecule has 3 fully saturated rings. The molecule has 6 nitrogen and oxygen atoms in total. The fourth-order valence-corrected chi connectivity index (χ4v) is 3.66. The lowest BCUT2D eigenvalue weighted by Crippen LogP contribution is -2.38. The molecule has 1 saturated carbocycles. The van der Waals surface area contributed by atoms with Crippen molar-refractivity contribution in [2.45, 2.75) is 44.2 Å². The highest BCUT2D eigenvalue weighted by molar-refractivity contribution is 5.90. The Hall–Kier alpha value is -1.43. The summed E-state index contributed by atoms with van der Waals surface area (Å²) in [5, 5.41) is 7.17. The van der Waals surface area contributed by atoms with Crippen LogP contribution in [0.5, 0.6) is 0 Å². The second-order valence-electron chi connectivity index (χ2n) is 5.90. The average Bonchev–Trinajstić information content (AvgIpc) is 3.18. The van der Waals surface area contributed by atoms with E-state index in [1.165, 1.54) is 6.42 Å². The van der Waals surface area contributed by atoms with Crippen molar-refractivity contribution in [1.82, 2.24) is 20.4 Å². The summed E-state index contributed by atoms with van der Waals surface area (Å²) in [5.74, 6) is 1.43. The predicted octanol–water partition coefficient (Wildman–Crippen LogP) is 1.12. The van der Waals surface area contributed by atoms with Gasteiger partial charge < -0.3 is 14.7 Å². The molecular formula is C13H18N4O2. The molecule has 102 valence electrons. The molecule has 3 aliphatic rings. The molecule has 2 aliphatic heterocycles. The highest BCUT2D eigenvalue weighted by Gasteiger charge is 2.41. The van der Waals surface area contributed by atoms with E-state index in [0.29, 0.717) is 17.9 Å². The number of amides is 1. The van der Waals surface area contributed by atoms with E-state index < -0.39 is 0 Å². The van der Waals surface area contributed by atoms with Crippen LogP contribution in [-0.2, 0) is 0 Å². The standard InChI is InChI=1S/C13H18N4O2/c18-13(17-7-8-3-4-9(17)6-8)11-15-12(19-16-11)10-2-1-5-14-10/h8-10,14H,1-7H2. The summed E-state index contributed by atoms with van der Waals surface area (Å²) in [4.78, 5) is 18.6. The van der Waals surface area contributed by atoms with Gasteiger partial charge in [-0.2, -0.15) is 4.98 Å². The first kappa shape index (κ1) is 11.4. The average molecular weight is 262 g/mol. The number of hydrogen-bond acceptors (Lipinski definition) is 5. The van der Waals surface area contributed by atoms with Gasteiger partial charge in [0.2, 0.25) is 5.89 Å². The van der Waals surface area contributed by atoms with Crippen molar-refractivity contribution >= 4 is 5.91 Å². The Labute approximate surface area is 111 Å². The molecule has 4 rings (SSSR count). The van der Waals surface area contributed by atoms with Gasteiger partial charge in [-0.15, -0.1) is 0 Å². The summed E-state index contributed by atoms with van der Waals surface area (Å²) >= 11 is 0. The van der Waals surface area contributed by atoms with Crippen molar-refractivity contribution in [3.8, 4) is 0 Å². The maximum atomic E-state index is 12.4. The van der Waals surface area contributed by atoms with Crippen molar-refractivity contribution < 1.29 is 9.32 Å². The molecule has 1 aromatic heterocycles. The van der Waals surface area contributed by atoms with Crippen molar-refractivity contribution in [1.29, 1.82) is 0 Å². The number of nitrogens with zero attached hydrogens (tertiary/aromatic N) is 3. The zero-order chi connectivity index (χ0) is 12.8. The molecule has 0 radical (unpaired) electrons. The van der Waals surface area contributed by atoms with Crippen LogP contribution in [0.2, 0.25) is 0 Å². The van der Waals surface area contributed by atoms with E-state index in [4.69, 9.17) is 4.52 Å². The molecule has 3 unspecified atom stereocenters. The van der Waals surface area contributed by atoms with Crippen LogP contribution in [0.25, 0.3) is 0 Å². The molecule has 19 heavy (non-hydrogen) atoms. The highest BCUT2D eigenvalue weighted by atomic mass is 16.5. The Kier molecular flexibility index (Phi) is 2.58. The number of hydrogen-bond donors (Lipinski definition) is 1. The van der Waals surface area contributed by atoms with E-state index in [1.54, 1.807) is 0 Å². The van der Waals surface area contributed by atoms with E-state index in [1.807, 2.05) is 4.90 Å². The van der Waals surface area contributed by atoms with Crippen LogP contribution in [0.3, 0.4) is 0 Å². The summed E-state index contributed by atoms with van der Waals surface area (Å²) in [7, 11) is 0. The van der Waals surface area contributed by atoms with Gasteiger partial charge in [-0.1, -0.05) is 5.16 Å². The summed E-state index contributed by atoms with van der Waals surface area (Å²) in [6, 6.07) is 0.535. The Morgan fingerprint density at radius 1 is 1.37 bits per heavy atom. The van der Waals surface area contributed by atoms with Crippen molar-refractivity contribution in [2.75, 3.05) is 13.1 Å². The van der Waals surface area contributed by atoms with E-state index >= 15 is 0 Å². The normalized spacial score (nSPS) is 33.3. The largest absolute Gasteiger partial charge is 0.337 e. The molecule has 1 amide bonds. The third-order valence-electron chi connectivity index (χ3n) is 4.66. The van der Waals surface area contributed by atoms with Crippen LogP contribution in [0.4, 0.5) is 0 Å². The number of aromatic nitrogens is 2. The second-order valence-corrected chi connectivity index (χ2v) is 5.90. The van der Waals surface area contributed by atoms with Gasteiger partial charge in [0, 0.05) is 12.6 Å². The molecule has 2 bridgehead atoms. The van der Waals surface area contributed by atoms with Crippen LogP contribution in [0.15, 0.2) is 4.52 Å². The van der Waals surface area contributed by atoms with E-state index in [0.717, 1.165) is 38.8 Å². The predicted molar refractivity (Wildman–Crippen MR) is 66.4 cm³/mol. The van der Waals surface area contributed by atoms with Gasteiger partial charge >= 0.3 is 0 Å². The molecule has 0 spiro atoms. The number of rotatable bonds is 2. The van der Waals surface area contributed by atoms with Gasteiger partial charge in [-0.3, -0.25) is 4.79 Å². The molecule has 1 N–H and O–H groups in total.